The molecule has 3 nitrogen and oxygen atoms in total. The lowest BCUT2D eigenvalue weighted by atomic mass is 10.1. The molecular weight excluding hydrogens is 272 g/mol. The zero-order valence-corrected chi connectivity index (χ0v) is 10.1. The number of phenolic OH excluding ortho intramolecular Hbond substituents is 1. The molecule has 2 aromatic rings. The fourth-order valence-corrected chi connectivity index (χ4v) is 2.03. The summed E-state index contributed by atoms with van der Waals surface area (Å²) in [7, 11) is 0. The highest BCUT2D eigenvalue weighted by molar-refractivity contribution is 9.10. The minimum Gasteiger partial charge on any atom is -0.504 e. The van der Waals surface area contributed by atoms with Gasteiger partial charge in [0.15, 0.2) is 11.5 Å². The first kappa shape index (κ1) is 11.0. The van der Waals surface area contributed by atoms with E-state index in [1.165, 1.54) is 6.92 Å². The second kappa shape index (κ2) is 4.14. The molecule has 0 fully saturated rings. The number of phenols is 1. The third-order valence-corrected chi connectivity index (χ3v) is 2.76. The summed E-state index contributed by atoms with van der Waals surface area (Å²) in [6.45, 7) is 1.29. The zero-order valence-electron chi connectivity index (χ0n) is 8.53. The third kappa shape index (κ3) is 1.88. The van der Waals surface area contributed by atoms with E-state index in [0.29, 0.717) is 9.86 Å². The van der Waals surface area contributed by atoms with Crippen LogP contribution in [0.25, 0.3) is 10.8 Å². The molecule has 82 valence electrons. The quantitative estimate of drug-likeness (QED) is 0.644. The van der Waals surface area contributed by atoms with Gasteiger partial charge in [0.2, 0.25) is 0 Å². The first-order valence-corrected chi connectivity index (χ1v) is 5.47. The molecule has 0 aliphatic heterocycles. The molecule has 0 aliphatic carbocycles. The zero-order chi connectivity index (χ0) is 11.7. The predicted molar refractivity (Wildman–Crippen MR) is 64.6 cm³/mol. The van der Waals surface area contributed by atoms with Gasteiger partial charge in [-0.25, -0.2) is 0 Å². The summed E-state index contributed by atoms with van der Waals surface area (Å²) in [5.74, 6) is -0.336. The first-order chi connectivity index (χ1) is 7.59. The van der Waals surface area contributed by atoms with Crippen molar-refractivity contribution in [2.24, 2.45) is 0 Å². The highest BCUT2D eigenvalue weighted by Crippen LogP contribution is 2.40. The molecule has 0 amide bonds. The van der Waals surface area contributed by atoms with Gasteiger partial charge in [0.05, 0.1) is 4.47 Å². The molecule has 0 aromatic heterocycles. The van der Waals surface area contributed by atoms with Crippen LogP contribution >= 0.6 is 15.9 Å². The number of halogens is 1. The van der Waals surface area contributed by atoms with Gasteiger partial charge in [-0.15, -0.1) is 0 Å². The van der Waals surface area contributed by atoms with Gasteiger partial charge < -0.3 is 9.84 Å². The Bertz CT molecular complexity index is 563. The van der Waals surface area contributed by atoms with Crippen LogP contribution in [0.3, 0.4) is 0 Å². The highest BCUT2D eigenvalue weighted by atomic mass is 79.9. The number of esters is 1. The van der Waals surface area contributed by atoms with E-state index in [-0.39, 0.29) is 11.5 Å². The average Bonchev–Trinajstić information content (AvgIpc) is 2.24. The molecule has 0 spiro atoms. The number of rotatable bonds is 1. The minimum atomic E-state index is -0.466. The van der Waals surface area contributed by atoms with Gasteiger partial charge in [-0.05, 0) is 27.4 Å². The van der Waals surface area contributed by atoms with Crippen LogP contribution in [0.4, 0.5) is 0 Å². The van der Waals surface area contributed by atoms with Crippen molar-refractivity contribution in [3.05, 3.63) is 34.8 Å². The van der Waals surface area contributed by atoms with Crippen LogP contribution in [0.2, 0.25) is 0 Å². The van der Waals surface area contributed by atoms with Gasteiger partial charge in [0, 0.05) is 12.3 Å². The predicted octanol–water partition coefficient (Wildman–Crippen LogP) is 3.23. The Hall–Kier alpha value is -1.55. The van der Waals surface area contributed by atoms with Crippen LogP contribution < -0.4 is 4.74 Å². The first-order valence-electron chi connectivity index (χ1n) is 4.68. The van der Waals surface area contributed by atoms with Gasteiger partial charge >= 0.3 is 5.97 Å². The Morgan fingerprint density at radius 1 is 1.38 bits per heavy atom. The van der Waals surface area contributed by atoms with Crippen molar-refractivity contribution >= 4 is 32.7 Å². The smallest absolute Gasteiger partial charge is 0.308 e. The van der Waals surface area contributed by atoms with Crippen molar-refractivity contribution < 1.29 is 14.6 Å². The Kier molecular flexibility index (Phi) is 2.83. The fraction of sp³-hybridized carbons (Fsp3) is 0.0833. The monoisotopic (exact) mass is 280 g/mol. The van der Waals surface area contributed by atoms with Gasteiger partial charge in [-0.2, -0.15) is 0 Å². The second-order valence-corrected chi connectivity index (χ2v) is 4.21. The fourth-order valence-electron chi connectivity index (χ4n) is 1.52. The SMILES string of the molecule is CC(=O)Oc1c(Br)cc2ccccc2c1O. The summed E-state index contributed by atoms with van der Waals surface area (Å²) in [6, 6.07) is 9.13. The molecule has 1 N–H and O–H groups in total. The van der Waals surface area contributed by atoms with E-state index in [1.807, 2.05) is 18.2 Å². The van der Waals surface area contributed by atoms with Crippen molar-refractivity contribution in [2.45, 2.75) is 6.92 Å². The normalized spacial score (nSPS) is 10.4. The summed E-state index contributed by atoms with van der Waals surface area (Å²) in [5, 5.41) is 11.5. The minimum absolute atomic E-state index is 0.0276. The second-order valence-electron chi connectivity index (χ2n) is 3.35. The van der Waals surface area contributed by atoms with Crippen LogP contribution in [-0.4, -0.2) is 11.1 Å². The van der Waals surface area contributed by atoms with E-state index in [2.05, 4.69) is 15.9 Å². The van der Waals surface area contributed by atoms with Gasteiger partial charge in [-0.3, -0.25) is 4.79 Å². The number of hydrogen-bond donors (Lipinski definition) is 1. The van der Waals surface area contributed by atoms with Crippen molar-refractivity contribution in [3.63, 3.8) is 0 Å². The van der Waals surface area contributed by atoms with Crippen molar-refractivity contribution in [1.82, 2.24) is 0 Å². The van der Waals surface area contributed by atoms with Crippen LogP contribution in [0, 0.1) is 0 Å². The van der Waals surface area contributed by atoms with E-state index in [1.54, 1.807) is 12.1 Å². The molecule has 0 atom stereocenters. The summed E-state index contributed by atoms with van der Waals surface area (Å²) >= 11 is 3.26. The van der Waals surface area contributed by atoms with Gasteiger partial charge in [0.25, 0.3) is 0 Å². The molecule has 0 aliphatic rings. The van der Waals surface area contributed by atoms with Crippen LogP contribution in [-0.2, 0) is 4.79 Å². The lowest BCUT2D eigenvalue weighted by molar-refractivity contribution is -0.132. The van der Waals surface area contributed by atoms with Crippen molar-refractivity contribution in [3.8, 4) is 11.5 Å². The van der Waals surface area contributed by atoms with E-state index in [9.17, 15) is 9.90 Å². The standard InChI is InChI=1S/C12H9BrO3/c1-7(14)16-12-10(13)6-8-4-2-3-5-9(8)11(12)15/h2-6,15H,1H3. The van der Waals surface area contributed by atoms with E-state index < -0.39 is 5.97 Å². The lowest BCUT2D eigenvalue weighted by Crippen LogP contribution is -2.02. The van der Waals surface area contributed by atoms with E-state index in [4.69, 9.17) is 4.74 Å². The maximum absolute atomic E-state index is 10.9. The van der Waals surface area contributed by atoms with Crippen LogP contribution in [0.1, 0.15) is 6.92 Å². The number of carbonyl (C=O) groups is 1. The average molecular weight is 281 g/mol. The molecule has 4 heteroatoms. The Balaban J connectivity index is 2.70. The van der Waals surface area contributed by atoms with Gasteiger partial charge in [0.1, 0.15) is 0 Å². The van der Waals surface area contributed by atoms with Crippen LogP contribution in [0.15, 0.2) is 34.8 Å². The third-order valence-electron chi connectivity index (χ3n) is 2.18. The number of carbonyl (C=O) groups excluding carboxylic acids is 1. The number of fused-ring (bicyclic) bond motifs is 1. The lowest BCUT2D eigenvalue weighted by Gasteiger charge is -2.09. The van der Waals surface area contributed by atoms with E-state index >= 15 is 0 Å². The van der Waals surface area contributed by atoms with Gasteiger partial charge in [-0.1, -0.05) is 24.3 Å². The summed E-state index contributed by atoms with van der Waals surface area (Å²) < 4.78 is 5.50. The van der Waals surface area contributed by atoms with Crippen molar-refractivity contribution in [1.29, 1.82) is 0 Å². The maximum atomic E-state index is 10.9. The number of ether oxygens (including phenoxy) is 1. The Morgan fingerprint density at radius 2 is 2.06 bits per heavy atom. The molecular formula is C12H9BrO3. The topological polar surface area (TPSA) is 46.5 Å². The molecule has 0 radical (unpaired) electrons. The molecule has 0 unspecified atom stereocenters. The van der Waals surface area contributed by atoms with Crippen LogP contribution in [0.5, 0.6) is 11.5 Å². The van der Waals surface area contributed by atoms with Crippen molar-refractivity contribution in [2.75, 3.05) is 0 Å². The maximum Gasteiger partial charge on any atom is 0.308 e. The molecule has 16 heavy (non-hydrogen) atoms. The molecule has 0 saturated carbocycles. The molecule has 0 saturated heterocycles. The highest BCUT2D eigenvalue weighted by Gasteiger charge is 2.13. The Labute approximate surface area is 101 Å². The number of aromatic hydroxyl groups is 1. The Morgan fingerprint density at radius 3 is 2.75 bits per heavy atom. The molecule has 0 heterocycles. The summed E-state index contributed by atoms with van der Waals surface area (Å²) in [4.78, 5) is 10.9. The summed E-state index contributed by atoms with van der Waals surface area (Å²) in [6.07, 6.45) is 0. The number of hydrogen-bond acceptors (Lipinski definition) is 3. The van der Waals surface area contributed by atoms with E-state index in [0.717, 1.165) is 5.39 Å². The molecule has 0 bridgehead atoms. The molecule has 2 aromatic carbocycles. The largest absolute Gasteiger partial charge is 0.504 e. The summed E-state index contributed by atoms with van der Waals surface area (Å²) in [5.41, 5.74) is 0. The number of benzene rings is 2. The molecule has 2 rings (SSSR count).